The Morgan fingerprint density at radius 2 is 1.80 bits per heavy atom. The summed E-state index contributed by atoms with van der Waals surface area (Å²) in [5, 5.41) is 0. The Bertz CT molecular complexity index is 805. The van der Waals surface area contributed by atoms with Crippen LogP contribution in [-0.2, 0) is 9.59 Å². The lowest BCUT2D eigenvalue weighted by molar-refractivity contribution is -0.126. The maximum atomic E-state index is 12.3. The van der Waals surface area contributed by atoms with E-state index in [1.165, 1.54) is 0 Å². The van der Waals surface area contributed by atoms with Gasteiger partial charge in [-0.25, -0.2) is 0 Å². The van der Waals surface area contributed by atoms with Gasteiger partial charge in [-0.1, -0.05) is 30.3 Å². The highest BCUT2D eigenvalue weighted by Crippen LogP contribution is 2.25. The van der Waals surface area contributed by atoms with Crippen LogP contribution < -0.4 is 15.8 Å². The van der Waals surface area contributed by atoms with Crippen molar-refractivity contribution in [2.24, 2.45) is 5.92 Å². The van der Waals surface area contributed by atoms with Crippen LogP contribution in [0.5, 0.6) is 0 Å². The topological polar surface area (TPSA) is 78.5 Å². The lowest BCUT2D eigenvalue weighted by Crippen LogP contribution is -2.45. The first-order valence-corrected chi connectivity index (χ1v) is 8.07. The normalized spacial score (nSPS) is 16.6. The van der Waals surface area contributed by atoms with Gasteiger partial charge in [0.1, 0.15) is 0 Å². The van der Waals surface area contributed by atoms with Gasteiger partial charge in [-0.15, -0.1) is 0 Å². The zero-order chi connectivity index (χ0) is 17.8. The van der Waals surface area contributed by atoms with Crippen molar-refractivity contribution >= 4 is 23.4 Å². The first kappa shape index (κ1) is 16.7. The molecule has 0 spiro atoms. The molecule has 0 aromatic heterocycles. The van der Waals surface area contributed by atoms with E-state index in [0.29, 0.717) is 12.1 Å². The van der Waals surface area contributed by atoms with Crippen LogP contribution in [0.4, 0.5) is 5.69 Å². The van der Waals surface area contributed by atoms with Gasteiger partial charge in [0.05, 0.1) is 5.92 Å². The average molecular weight is 337 g/mol. The number of carbonyl (C=O) groups excluding carboxylic acids is 3. The lowest BCUT2D eigenvalue weighted by atomic mass is 10.1. The maximum Gasteiger partial charge on any atom is 0.269 e. The second-order valence-electron chi connectivity index (χ2n) is 6.05. The predicted octanol–water partition coefficient (Wildman–Crippen LogP) is 1.81. The van der Waals surface area contributed by atoms with Gasteiger partial charge in [-0.2, -0.15) is 0 Å². The first-order chi connectivity index (χ1) is 12.0. The van der Waals surface area contributed by atoms with E-state index in [2.05, 4.69) is 10.9 Å². The van der Waals surface area contributed by atoms with Crippen molar-refractivity contribution in [3.8, 4) is 0 Å². The summed E-state index contributed by atoms with van der Waals surface area (Å²) in [6, 6.07) is 16.2. The van der Waals surface area contributed by atoms with Gasteiger partial charge in [0.2, 0.25) is 11.8 Å². The van der Waals surface area contributed by atoms with Crippen molar-refractivity contribution in [2.75, 3.05) is 11.4 Å². The monoisotopic (exact) mass is 337 g/mol. The van der Waals surface area contributed by atoms with E-state index < -0.39 is 11.8 Å². The summed E-state index contributed by atoms with van der Waals surface area (Å²) in [7, 11) is 0. The van der Waals surface area contributed by atoms with Crippen molar-refractivity contribution in [2.45, 2.75) is 13.3 Å². The molecule has 2 aromatic carbocycles. The maximum absolute atomic E-state index is 12.3. The minimum atomic E-state index is -0.496. The summed E-state index contributed by atoms with van der Waals surface area (Å²) in [5.41, 5.74) is 7.08. The molecule has 2 N–H and O–H groups in total. The third-order valence-corrected chi connectivity index (χ3v) is 4.14. The molecule has 0 radical (unpaired) electrons. The minimum absolute atomic E-state index is 0.0971. The molecule has 6 nitrogen and oxygen atoms in total. The number of aryl methyl sites for hydroxylation is 1. The minimum Gasteiger partial charge on any atom is -0.312 e. The van der Waals surface area contributed by atoms with Crippen molar-refractivity contribution in [1.82, 2.24) is 10.9 Å². The number of hydrogen-bond acceptors (Lipinski definition) is 3. The van der Waals surface area contributed by atoms with Crippen LogP contribution in [0.25, 0.3) is 0 Å². The van der Waals surface area contributed by atoms with Gasteiger partial charge < -0.3 is 4.90 Å². The Morgan fingerprint density at radius 3 is 2.52 bits per heavy atom. The summed E-state index contributed by atoms with van der Waals surface area (Å²) >= 11 is 0. The van der Waals surface area contributed by atoms with Crippen LogP contribution in [0.3, 0.4) is 0 Å². The third-order valence-electron chi connectivity index (χ3n) is 4.14. The molecule has 0 unspecified atom stereocenters. The second-order valence-corrected chi connectivity index (χ2v) is 6.05. The number of anilines is 1. The van der Waals surface area contributed by atoms with Gasteiger partial charge in [-0.05, 0) is 36.8 Å². The van der Waals surface area contributed by atoms with Crippen LogP contribution in [0.15, 0.2) is 54.6 Å². The number of amides is 3. The third kappa shape index (κ3) is 3.85. The molecule has 3 rings (SSSR count). The Morgan fingerprint density at radius 1 is 1.04 bits per heavy atom. The van der Waals surface area contributed by atoms with E-state index in [1.54, 1.807) is 35.2 Å². The summed E-state index contributed by atoms with van der Waals surface area (Å²) in [6.07, 6.45) is 0.126. The molecule has 1 saturated heterocycles. The first-order valence-electron chi connectivity index (χ1n) is 8.07. The van der Waals surface area contributed by atoms with E-state index >= 15 is 0 Å². The zero-order valence-electron chi connectivity index (χ0n) is 13.9. The number of rotatable bonds is 3. The van der Waals surface area contributed by atoms with Gasteiger partial charge >= 0.3 is 0 Å². The van der Waals surface area contributed by atoms with Gasteiger partial charge in [0.15, 0.2) is 0 Å². The Kier molecular flexibility index (Phi) is 4.79. The predicted molar refractivity (Wildman–Crippen MR) is 93.7 cm³/mol. The molecular weight excluding hydrogens is 318 g/mol. The molecule has 1 aliphatic heterocycles. The Balaban J connectivity index is 1.58. The summed E-state index contributed by atoms with van der Waals surface area (Å²) < 4.78 is 0. The fourth-order valence-electron chi connectivity index (χ4n) is 2.81. The molecule has 0 saturated carbocycles. The molecular formula is C19H19N3O3. The molecule has 1 fully saturated rings. The standard InChI is InChI=1S/C19H19N3O3/c1-13-6-5-9-16(10-13)22-12-15(11-17(22)23)19(25)21-20-18(24)14-7-3-2-4-8-14/h2-10,15H,11-12H2,1H3,(H,20,24)(H,21,25)/t15-/m0/s1. The lowest BCUT2D eigenvalue weighted by Gasteiger charge is -2.17. The molecule has 6 heteroatoms. The van der Waals surface area contributed by atoms with Crippen molar-refractivity contribution in [1.29, 1.82) is 0 Å². The number of nitrogens with zero attached hydrogens (tertiary/aromatic N) is 1. The molecule has 0 aliphatic carbocycles. The fourth-order valence-corrected chi connectivity index (χ4v) is 2.81. The quantitative estimate of drug-likeness (QED) is 0.839. The van der Waals surface area contributed by atoms with Gasteiger partial charge in [-0.3, -0.25) is 25.2 Å². The van der Waals surface area contributed by atoms with E-state index in [-0.39, 0.29) is 18.2 Å². The van der Waals surface area contributed by atoms with Crippen molar-refractivity contribution in [3.63, 3.8) is 0 Å². The van der Waals surface area contributed by atoms with Crippen LogP contribution >= 0.6 is 0 Å². The molecule has 0 bridgehead atoms. The largest absolute Gasteiger partial charge is 0.312 e. The van der Waals surface area contributed by atoms with Crippen molar-refractivity contribution < 1.29 is 14.4 Å². The highest BCUT2D eigenvalue weighted by atomic mass is 16.2. The van der Waals surface area contributed by atoms with Crippen molar-refractivity contribution in [3.05, 3.63) is 65.7 Å². The number of hydrazine groups is 1. The molecule has 128 valence electrons. The molecule has 3 amide bonds. The SMILES string of the molecule is Cc1cccc(N2C[C@@H](C(=O)NNC(=O)c3ccccc3)CC2=O)c1. The fraction of sp³-hybridized carbons (Fsp3) is 0.211. The van der Waals surface area contributed by atoms with E-state index in [0.717, 1.165) is 11.3 Å². The number of nitrogens with one attached hydrogen (secondary N) is 2. The zero-order valence-corrected chi connectivity index (χ0v) is 13.9. The highest BCUT2D eigenvalue weighted by molar-refractivity contribution is 6.01. The molecule has 1 atom stereocenters. The molecule has 25 heavy (non-hydrogen) atoms. The number of benzene rings is 2. The van der Waals surface area contributed by atoms with E-state index in [4.69, 9.17) is 0 Å². The van der Waals surface area contributed by atoms with E-state index in [1.807, 2.05) is 31.2 Å². The Hall–Kier alpha value is -3.15. The average Bonchev–Trinajstić information content (AvgIpc) is 3.02. The Labute approximate surface area is 145 Å². The van der Waals surface area contributed by atoms with Crippen LogP contribution in [0.1, 0.15) is 22.3 Å². The molecule has 1 heterocycles. The van der Waals surface area contributed by atoms with Gasteiger partial charge in [0.25, 0.3) is 5.91 Å². The number of carbonyl (C=O) groups is 3. The highest BCUT2D eigenvalue weighted by Gasteiger charge is 2.35. The van der Waals surface area contributed by atoms with Crippen LogP contribution in [0, 0.1) is 12.8 Å². The summed E-state index contributed by atoms with van der Waals surface area (Å²) in [5.74, 6) is -1.36. The molecule has 2 aromatic rings. The van der Waals surface area contributed by atoms with Crippen LogP contribution in [0.2, 0.25) is 0 Å². The van der Waals surface area contributed by atoms with Gasteiger partial charge in [0, 0.05) is 24.2 Å². The smallest absolute Gasteiger partial charge is 0.269 e. The summed E-state index contributed by atoms with van der Waals surface area (Å²) in [4.78, 5) is 38.0. The molecule has 1 aliphatic rings. The van der Waals surface area contributed by atoms with E-state index in [9.17, 15) is 14.4 Å². The summed E-state index contributed by atoms with van der Waals surface area (Å²) in [6.45, 7) is 2.25. The number of hydrogen-bond donors (Lipinski definition) is 2. The second kappa shape index (κ2) is 7.17. The van der Waals surface area contributed by atoms with Crippen LogP contribution in [-0.4, -0.2) is 24.3 Å².